The molecule has 1 N–H and O–H groups in total. The molecular formula is C24H38O6Si. The molecule has 174 valence electrons. The van der Waals surface area contributed by atoms with Gasteiger partial charge in [-0.2, -0.15) is 0 Å². The molecule has 6 nitrogen and oxygen atoms in total. The van der Waals surface area contributed by atoms with Crippen LogP contribution in [0.5, 0.6) is 0 Å². The third-order valence-electron chi connectivity index (χ3n) is 7.46. The average molecular weight is 451 g/mol. The molecule has 0 saturated carbocycles. The monoisotopic (exact) mass is 450 g/mol. The first-order valence-electron chi connectivity index (χ1n) is 11.5. The van der Waals surface area contributed by atoms with Crippen molar-refractivity contribution in [1.29, 1.82) is 0 Å². The Labute approximate surface area is 187 Å². The van der Waals surface area contributed by atoms with Gasteiger partial charge in [-0.1, -0.05) is 51.1 Å². The van der Waals surface area contributed by atoms with Gasteiger partial charge in [0, 0.05) is 18.4 Å². The highest BCUT2D eigenvalue weighted by Gasteiger charge is 2.55. The molecule has 0 aliphatic carbocycles. The molecule has 0 spiro atoms. The fourth-order valence-electron chi connectivity index (χ4n) is 4.36. The first-order chi connectivity index (χ1) is 14.5. The second-order valence-electron chi connectivity index (χ2n) is 10.9. The number of rotatable bonds is 6. The highest BCUT2D eigenvalue weighted by molar-refractivity contribution is 6.74. The highest BCUT2D eigenvalue weighted by atomic mass is 28.4. The molecule has 4 rings (SSSR count). The summed E-state index contributed by atoms with van der Waals surface area (Å²) in [5.41, 5.74) is 0.505. The lowest BCUT2D eigenvalue weighted by atomic mass is 9.84. The molecule has 3 heterocycles. The molecule has 3 aliphatic rings. The fourth-order valence-corrected chi connectivity index (χ4v) is 5.77. The van der Waals surface area contributed by atoms with Crippen molar-refractivity contribution in [3.8, 4) is 0 Å². The van der Waals surface area contributed by atoms with Crippen molar-refractivity contribution in [3.63, 3.8) is 0 Å². The minimum absolute atomic E-state index is 0.0135. The molecule has 3 fully saturated rings. The van der Waals surface area contributed by atoms with Crippen molar-refractivity contribution in [3.05, 3.63) is 35.9 Å². The Morgan fingerprint density at radius 3 is 2.42 bits per heavy atom. The highest BCUT2D eigenvalue weighted by Crippen LogP contribution is 2.46. The molecular weight excluding hydrogens is 412 g/mol. The van der Waals surface area contributed by atoms with E-state index in [4.69, 9.17) is 23.4 Å². The average Bonchev–Trinajstić information content (AvgIpc) is 3.45. The van der Waals surface area contributed by atoms with Gasteiger partial charge in [-0.15, -0.1) is 0 Å². The summed E-state index contributed by atoms with van der Waals surface area (Å²) in [6, 6.07) is 10.1. The minimum atomic E-state index is -2.03. The third-order valence-corrected chi connectivity index (χ3v) is 11.9. The van der Waals surface area contributed by atoms with Gasteiger partial charge in [0.15, 0.2) is 14.6 Å². The molecule has 1 aromatic carbocycles. The van der Waals surface area contributed by atoms with Crippen LogP contribution >= 0.6 is 0 Å². The number of ether oxygens (including phenoxy) is 4. The Balaban J connectivity index is 1.53. The Bertz CT molecular complexity index is 750. The van der Waals surface area contributed by atoms with Crippen LogP contribution in [0.4, 0.5) is 0 Å². The fraction of sp³-hybridized carbons (Fsp3) is 0.750. The van der Waals surface area contributed by atoms with Crippen LogP contribution in [-0.2, 0) is 23.4 Å². The number of aliphatic hydroxyl groups excluding tert-OH is 1. The van der Waals surface area contributed by atoms with E-state index in [1.54, 1.807) is 0 Å². The Hall–Kier alpha value is -0.803. The van der Waals surface area contributed by atoms with Crippen LogP contribution in [0.3, 0.4) is 0 Å². The maximum atomic E-state index is 9.44. The maximum Gasteiger partial charge on any atom is 0.192 e. The summed E-state index contributed by atoms with van der Waals surface area (Å²) in [5, 5.41) is 9.54. The summed E-state index contributed by atoms with van der Waals surface area (Å²) in [7, 11) is -2.03. The van der Waals surface area contributed by atoms with Crippen LogP contribution in [0, 0.1) is 0 Å². The topological polar surface area (TPSA) is 69.7 Å². The number of benzene rings is 1. The second kappa shape index (κ2) is 8.52. The quantitative estimate of drug-likeness (QED) is 0.518. The summed E-state index contributed by atoms with van der Waals surface area (Å²) in [5.74, 6) is 0. The molecule has 31 heavy (non-hydrogen) atoms. The van der Waals surface area contributed by atoms with Gasteiger partial charge < -0.3 is 28.5 Å². The molecule has 3 aliphatic heterocycles. The lowest BCUT2D eigenvalue weighted by Crippen LogP contribution is -2.62. The predicted octanol–water partition coefficient (Wildman–Crippen LogP) is 4.19. The summed E-state index contributed by atoms with van der Waals surface area (Å²) in [4.78, 5) is 0. The van der Waals surface area contributed by atoms with Crippen LogP contribution in [0.15, 0.2) is 30.3 Å². The largest absolute Gasteiger partial charge is 0.411 e. The van der Waals surface area contributed by atoms with Gasteiger partial charge in [-0.25, -0.2) is 0 Å². The summed E-state index contributed by atoms with van der Waals surface area (Å²) >= 11 is 0. The van der Waals surface area contributed by atoms with E-state index < -0.39 is 13.9 Å². The number of epoxide rings is 1. The van der Waals surface area contributed by atoms with E-state index in [0.717, 1.165) is 12.0 Å². The van der Waals surface area contributed by atoms with E-state index in [-0.39, 0.29) is 48.5 Å². The molecule has 7 atom stereocenters. The Kier molecular flexibility index (Phi) is 6.42. The Morgan fingerprint density at radius 1 is 1.10 bits per heavy atom. The van der Waals surface area contributed by atoms with Crippen molar-refractivity contribution in [2.45, 2.75) is 101 Å². The molecule has 0 unspecified atom stereocenters. The lowest BCUT2D eigenvalue weighted by molar-refractivity contribution is -0.320. The van der Waals surface area contributed by atoms with Crippen molar-refractivity contribution < 1.29 is 28.5 Å². The van der Waals surface area contributed by atoms with Gasteiger partial charge in [-0.05, 0) is 25.1 Å². The number of fused-ring (bicyclic) bond motifs is 1. The van der Waals surface area contributed by atoms with E-state index in [2.05, 4.69) is 40.8 Å². The molecule has 0 bridgehead atoms. The van der Waals surface area contributed by atoms with Gasteiger partial charge in [0.2, 0.25) is 0 Å². The van der Waals surface area contributed by atoms with Crippen LogP contribution in [0.2, 0.25) is 18.1 Å². The smallest absolute Gasteiger partial charge is 0.192 e. The van der Waals surface area contributed by atoms with Crippen LogP contribution in [0.1, 0.15) is 52.4 Å². The molecule has 0 amide bonds. The summed E-state index contributed by atoms with van der Waals surface area (Å²) < 4.78 is 31.6. The molecule has 3 saturated heterocycles. The van der Waals surface area contributed by atoms with Gasteiger partial charge >= 0.3 is 0 Å². The number of hydrogen-bond acceptors (Lipinski definition) is 6. The van der Waals surface area contributed by atoms with E-state index in [1.807, 2.05) is 30.3 Å². The van der Waals surface area contributed by atoms with E-state index in [1.165, 1.54) is 0 Å². The third kappa shape index (κ3) is 4.93. The van der Waals surface area contributed by atoms with E-state index in [0.29, 0.717) is 13.0 Å². The van der Waals surface area contributed by atoms with Crippen molar-refractivity contribution >= 4 is 8.32 Å². The van der Waals surface area contributed by atoms with Crippen molar-refractivity contribution in [2.24, 2.45) is 0 Å². The van der Waals surface area contributed by atoms with Crippen LogP contribution < -0.4 is 0 Å². The molecule has 0 radical (unpaired) electrons. The normalized spacial score (nSPS) is 38.5. The molecule has 7 heteroatoms. The molecule has 0 aromatic heterocycles. The van der Waals surface area contributed by atoms with E-state index >= 15 is 0 Å². The van der Waals surface area contributed by atoms with Crippen LogP contribution in [0.25, 0.3) is 0 Å². The van der Waals surface area contributed by atoms with Gasteiger partial charge in [0.25, 0.3) is 0 Å². The summed E-state index contributed by atoms with van der Waals surface area (Å²) in [6.07, 6.45) is 0.667. The maximum absolute atomic E-state index is 9.44. The zero-order valence-corrected chi connectivity index (χ0v) is 20.7. The van der Waals surface area contributed by atoms with Crippen molar-refractivity contribution in [1.82, 2.24) is 0 Å². The van der Waals surface area contributed by atoms with Crippen LogP contribution in [-0.4, -0.2) is 62.8 Å². The zero-order chi connectivity index (χ0) is 22.4. The SMILES string of the molecule is CC(C)(C)[Si](C)(C)O[C@@H]1C[C@@H]2O[C@H](c3ccccc3)OC[C@H]2O[C@@]1(C)C[C@H]1O[C@@H]1CO. The first kappa shape index (κ1) is 23.4. The minimum Gasteiger partial charge on any atom is -0.411 e. The van der Waals surface area contributed by atoms with Crippen molar-refractivity contribution in [2.75, 3.05) is 13.2 Å². The zero-order valence-electron chi connectivity index (χ0n) is 19.7. The van der Waals surface area contributed by atoms with E-state index in [9.17, 15) is 5.11 Å². The number of aliphatic hydroxyl groups is 1. The van der Waals surface area contributed by atoms with Gasteiger partial charge in [0.05, 0.1) is 37.1 Å². The van der Waals surface area contributed by atoms with Gasteiger partial charge in [-0.3, -0.25) is 0 Å². The molecule has 1 aromatic rings. The second-order valence-corrected chi connectivity index (χ2v) is 15.7. The number of hydrogen-bond donors (Lipinski definition) is 1. The summed E-state index contributed by atoms with van der Waals surface area (Å²) in [6.45, 7) is 14.0. The lowest BCUT2D eigenvalue weighted by Gasteiger charge is -2.53. The van der Waals surface area contributed by atoms with Gasteiger partial charge in [0.1, 0.15) is 12.2 Å². The standard InChI is InChI=1S/C24H38O6Si/c1-23(2,3)31(5,6)30-21-12-17-20(29-24(21,4)13-18-19(14-25)27-18)15-26-22(28-17)16-10-8-7-9-11-16/h7-11,17-22,25H,12-15H2,1-6H3/t17-,18+,19+,20+,21+,22+,24-/m0/s1. The Morgan fingerprint density at radius 2 is 1.81 bits per heavy atom. The predicted molar refractivity (Wildman–Crippen MR) is 120 cm³/mol. The first-order valence-corrected chi connectivity index (χ1v) is 14.4.